The maximum Gasteiger partial charge on any atom is 0.407 e. The number of aromatic amines is 2. The van der Waals surface area contributed by atoms with Gasteiger partial charge >= 0.3 is 12.2 Å². The van der Waals surface area contributed by atoms with Gasteiger partial charge in [-0.3, -0.25) is 9.59 Å². The van der Waals surface area contributed by atoms with Crippen LogP contribution in [-0.2, 0) is 25.0 Å². The van der Waals surface area contributed by atoms with Crippen LogP contribution in [-0.4, -0.2) is 94.1 Å². The zero-order chi connectivity index (χ0) is 38.4. The quantitative estimate of drug-likeness (QED) is 0.154. The first kappa shape index (κ1) is 35.7. The first-order chi connectivity index (χ1) is 26.5. The van der Waals surface area contributed by atoms with Crippen LogP contribution in [0.3, 0.4) is 0 Å². The third-order valence-electron chi connectivity index (χ3n) is 10.7. The molecule has 4 N–H and O–H groups in total. The average molecular weight is 753 g/mol. The van der Waals surface area contributed by atoms with Crippen LogP contribution >= 0.6 is 0 Å². The van der Waals surface area contributed by atoms with Gasteiger partial charge in [-0.05, 0) is 72.2 Å². The fourth-order valence-electron chi connectivity index (χ4n) is 7.93. The van der Waals surface area contributed by atoms with Crippen molar-refractivity contribution in [1.29, 1.82) is 0 Å². The lowest BCUT2D eigenvalue weighted by Gasteiger charge is -2.23. The molecule has 0 bridgehead atoms. The third kappa shape index (κ3) is 6.50. The van der Waals surface area contributed by atoms with Crippen molar-refractivity contribution >= 4 is 35.0 Å². The number of aromatic nitrogens is 4. The Morgan fingerprint density at radius 3 is 1.93 bits per heavy atom. The molecule has 1 aliphatic carbocycles. The van der Waals surface area contributed by atoms with Crippen molar-refractivity contribution in [3.63, 3.8) is 0 Å². The fraction of sp³-hybridized carbons (Fsp3) is 0.333. The van der Waals surface area contributed by atoms with E-state index in [1.165, 1.54) is 26.4 Å². The summed E-state index contributed by atoms with van der Waals surface area (Å²) in [6.45, 7) is 0.643. The van der Waals surface area contributed by atoms with Crippen molar-refractivity contribution in [3.8, 4) is 33.5 Å². The summed E-state index contributed by atoms with van der Waals surface area (Å²) in [7, 11) is 2.46. The summed E-state index contributed by atoms with van der Waals surface area (Å²) in [4.78, 5) is 67.8. The van der Waals surface area contributed by atoms with E-state index < -0.39 is 18.1 Å². The molecule has 3 aliphatic rings. The Labute approximate surface area is 313 Å². The topological polar surface area (TPSA) is 175 Å². The van der Waals surface area contributed by atoms with Gasteiger partial charge in [-0.25, -0.2) is 19.6 Å². The number of nitrogens with one attached hydrogen (secondary N) is 4. The molecular weight excluding hydrogens is 714 g/mol. The molecule has 0 unspecified atom stereocenters. The number of ether oxygens (including phenoxy) is 2. The molecule has 284 valence electrons. The largest absolute Gasteiger partial charge is 0.453 e. The zero-order valence-electron chi connectivity index (χ0n) is 30.1. The molecule has 16 heteroatoms. The van der Waals surface area contributed by atoms with E-state index in [2.05, 4.69) is 35.1 Å². The predicted octanol–water partition coefficient (Wildman–Crippen LogP) is 5.78. The number of nitrogens with zero attached hydrogens (tertiary/aromatic N) is 4. The molecule has 14 nitrogen and oxygen atoms in total. The standard InChI is InChI=1S/C39H38F2N8O6/c1-54-37(52)43-19-33(50)48-13-3-5-31(48)35-42-18-30(47-35)23-8-11-25-24-10-7-21(15-26(24)39(40,41)27(25)16-23)22-9-12-28-29(17-22)46-36(45-28)32-6-4-14-49(32)34(51)20-44-38(53)55-2/h7-12,15-18,31-32H,3-6,13-14,19-20H2,1-2H3,(H,42,47)(H,43,52)(H,44,53)(H,45,46)/t31-,32-/m0/s1. The summed E-state index contributed by atoms with van der Waals surface area (Å²) in [6.07, 6.45) is 3.13. The van der Waals surface area contributed by atoms with E-state index in [0.717, 1.165) is 18.4 Å². The van der Waals surface area contributed by atoms with Gasteiger partial charge < -0.3 is 39.9 Å². The van der Waals surface area contributed by atoms with Crippen molar-refractivity contribution < 1.29 is 37.4 Å². The van der Waals surface area contributed by atoms with Crippen LogP contribution in [0.1, 0.15) is 60.5 Å². The number of rotatable bonds is 8. The Kier molecular flexibility index (Phi) is 9.19. The van der Waals surface area contributed by atoms with Crippen molar-refractivity contribution in [1.82, 2.24) is 40.4 Å². The number of methoxy groups -OCH3 is 2. The highest BCUT2D eigenvalue weighted by Gasteiger charge is 2.45. The summed E-state index contributed by atoms with van der Waals surface area (Å²) in [5, 5.41) is 4.84. The smallest absolute Gasteiger partial charge is 0.407 e. The summed E-state index contributed by atoms with van der Waals surface area (Å²) in [5.74, 6) is -2.62. The van der Waals surface area contributed by atoms with Crippen LogP contribution in [0.5, 0.6) is 0 Å². The molecule has 0 saturated carbocycles. The second-order valence-corrected chi connectivity index (χ2v) is 13.8. The minimum atomic E-state index is -3.27. The fourth-order valence-corrected chi connectivity index (χ4v) is 7.93. The molecule has 2 fully saturated rings. The van der Waals surface area contributed by atoms with E-state index in [-0.39, 0.29) is 48.1 Å². The van der Waals surface area contributed by atoms with Gasteiger partial charge in [0.1, 0.15) is 24.7 Å². The number of halogens is 2. The Morgan fingerprint density at radius 1 is 0.764 bits per heavy atom. The number of amides is 4. The Bertz CT molecular complexity index is 2340. The van der Waals surface area contributed by atoms with E-state index >= 15 is 8.78 Å². The van der Waals surface area contributed by atoms with Gasteiger partial charge in [0.2, 0.25) is 11.8 Å². The van der Waals surface area contributed by atoms with Crippen LogP contribution < -0.4 is 10.6 Å². The monoisotopic (exact) mass is 752 g/mol. The van der Waals surface area contributed by atoms with Gasteiger partial charge in [0, 0.05) is 29.8 Å². The van der Waals surface area contributed by atoms with Crippen molar-refractivity contribution in [3.05, 3.63) is 83.6 Å². The van der Waals surface area contributed by atoms with Gasteiger partial charge in [0.15, 0.2) is 0 Å². The SMILES string of the molecule is COC(=O)NCC(=O)N1CCC[C@H]1c1ncc(-c2ccc3c(c2)C(F)(F)c2cc(-c4ccc5nc([C@@H]6CCCN6C(=O)CNC(=O)OC)[nH]c5c4)ccc2-3)[nH]1. The molecule has 8 rings (SSSR count). The number of hydrogen-bond donors (Lipinski definition) is 4. The molecule has 5 aromatic rings. The second-order valence-electron chi connectivity index (χ2n) is 13.8. The number of fused-ring (bicyclic) bond motifs is 4. The minimum absolute atomic E-state index is 0.0887. The van der Waals surface area contributed by atoms with Gasteiger partial charge in [-0.15, -0.1) is 0 Å². The molecule has 2 aromatic heterocycles. The van der Waals surface area contributed by atoms with Crippen molar-refractivity contribution in [2.75, 3.05) is 40.4 Å². The lowest BCUT2D eigenvalue weighted by Crippen LogP contribution is -2.40. The first-order valence-electron chi connectivity index (χ1n) is 18.0. The summed E-state index contributed by atoms with van der Waals surface area (Å²) < 4.78 is 41.8. The van der Waals surface area contributed by atoms with Crippen LogP contribution in [0.4, 0.5) is 18.4 Å². The lowest BCUT2D eigenvalue weighted by molar-refractivity contribution is -0.132. The van der Waals surface area contributed by atoms with Gasteiger partial charge in [0.05, 0.1) is 49.2 Å². The molecule has 2 atom stereocenters. The molecule has 0 radical (unpaired) electrons. The highest BCUT2D eigenvalue weighted by atomic mass is 19.3. The highest BCUT2D eigenvalue weighted by molar-refractivity contribution is 5.87. The minimum Gasteiger partial charge on any atom is -0.453 e. The Hall–Kier alpha value is -6.32. The van der Waals surface area contributed by atoms with E-state index in [9.17, 15) is 19.2 Å². The van der Waals surface area contributed by atoms with Crippen LogP contribution in [0.15, 0.2) is 60.8 Å². The third-order valence-corrected chi connectivity index (χ3v) is 10.7. The molecule has 2 saturated heterocycles. The van der Waals surface area contributed by atoms with E-state index in [4.69, 9.17) is 4.98 Å². The van der Waals surface area contributed by atoms with Gasteiger partial charge in [-0.1, -0.05) is 30.3 Å². The molecular formula is C39H38F2N8O6. The maximum absolute atomic E-state index is 16.3. The molecule has 55 heavy (non-hydrogen) atoms. The average Bonchev–Trinajstić information content (AvgIpc) is 4.05. The molecule has 4 amide bonds. The normalized spacial score (nSPS) is 18.3. The van der Waals surface area contributed by atoms with E-state index in [0.29, 0.717) is 76.6 Å². The number of hydrogen-bond acceptors (Lipinski definition) is 8. The predicted molar refractivity (Wildman–Crippen MR) is 196 cm³/mol. The number of carbonyl (C=O) groups excluding carboxylic acids is 4. The number of alkyl carbamates (subject to hydrolysis) is 2. The maximum atomic E-state index is 16.3. The molecule has 2 aliphatic heterocycles. The number of benzene rings is 3. The van der Waals surface area contributed by atoms with Gasteiger partial charge in [-0.2, -0.15) is 8.78 Å². The van der Waals surface area contributed by atoms with Gasteiger partial charge in [0.25, 0.3) is 5.92 Å². The van der Waals surface area contributed by atoms with Crippen LogP contribution in [0.25, 0.3) is 44.5 Å². The summed E-state index contributed by atoms with van der Waals surface area (Å²) >= 11 is 0. The van der Waals surface area contributed by atoms with Crippen molar-refractivity contribution in [2.45, 2.75) is 43.7 Å². The second kappa shape index (κ2) is 14.2. The Balaban J connectivity index is 1.01. The number of alkyl halides is 2. The van der Waals surface area contributed by atoms with Crippen LogP contribution in [0, 0.1) is 0 Å². The molecule has 4 heterocycles. The number of carbonyl (C=O) groups is 4. The summed E-state index contributed by atoms with van der Waals surface area (Å²) in [6, 6.07) is 15.0. The van der Waals surface area contributed by atoms with E-state index in [1.807, 2.05) is 24.3 Å². The summed E-state index contributed by atoms with van der Waals surface area (Å²) in [5.41, 5.74) is 4.54. The Morgan fingerprint density at radius 2 is 1.31 bits per heavy atom. The first-order valence-corrected chi connectivity index (χ1v) is 18.0. The molecule has 3 aromatic carbocycles. The zero-order valence-corrected chi connectivity index (χ0v) is 30.1. The number of imidazole rings is 2. The van der Waals surface area contributed by atoms with Crippen molar-refractivity contribution in [2.24, 2.45) is 0 Å². The number of likely N-dealkylation sites (tertiary alicyclic amines) is 2. The molecule has 0 spiro atoms. The number of H-pyrrole nitrogens is 2. The van der Waals surface area contributed by atoms with E-state index in [1.54, 1.807) is 34.2 Å². The van der Waals surface area contributed by atoms with Crippen LogP contribution in [0.2, 0.25) is 0 Å². The highest BCUT2D eigenvalue weighted by Crippen LogP contribution is 2.52. The lowest BCUT2D eigenvalue weighted by atomic mass is 9.98.